The van der Waals surface area contributed by atoms with E-state index in [-0.39, 0.29) is 0 Å². The molecule has 0 saturated carbocycles. The van der Waals surface area contributed by atoms with E-state index in [1.165, 1.54) is 60.2 Å². The molecule has 0 unspecified atom stereocenters. The molecule has 6 aromatic carbocycles. The molecule has 0 fully saturated rings. The third-order valence-electron chi connectivity index (χ3n) is 6.77. The highest BCUT2D eigenvalue weighted by Crippen LogP contribution is 2.36. The standard InChI is InChI=1S/C32H21N/c1-2-9-26(10-3-1)33-31-13-7-6-12-28(31)30-21-25(18-19-32(30)33)24-17-16-23-15-14-22-8-4-5-11-27(22)29(23)20-24/h1-21H. The van der Waals surface area contributed by atoms with Gasteiger partial charge in [-0.1, -0.05) is 91.0 Å². The molecule has 0 aliphatic heterocycles. The number of fused-ring (bicyclic) bond motifs is 6. The number of rotatable bonds is 2. The van der Waals surface area contributed by atoms with Crippen molar-refractivity contribution in [3.8, 4) is 16.8 Å². The van der Waals surface area contributed by atoms with Gasteiger partial charge >= 0.3 is 0 Å². The van der Waals surface area contributed by atoms with Crippen molar-refractivity contribution in [3.63, 3.8) is 0 Å². The Morgan fingerprint density at radius 3 is 1.79 bits per heavy atom. The van der Waals surface area contributed by atoms with Crippen LogP contribution in [0.15, 0.2) is 127 Å². The van der Waals surface area contributed by atoms with Gasteiger partial charge in [0.2, 0.25) is 0 Å². The molecule has 1 heteroatoms. The predicted octanol–water partition coefficient (Wildman–Crippen LogP) is 8.76. The first kappa shape index (κ1) is 18.2. The monoisotopic (exact) mass is 419 g/mol. The van der Waals surface area contributed by atoms with Crippen LogP contribution in [0.25, 0.3) is 60.2 Å². The second-order valence-corrected chi connectivity index (χ2v) is 8.64. The highest BCUT2D eigenvalue weighted by molar-refractivity contribution is 6.11. The molecule has 1 heterocycles. The van der Waals surface area contributed by atoms with E-state index in [9.17, 15) is 0 Å². The van der Waals surface area contributed by atoms with Gasteiger partial charge in [0, 0.05) is 16.5 Å². The van der Waals surface area contributed by atoms with Crippen LogP contribution in [-0.2, 0) is 0 Å². The molecule has 1 nitrogen and oxygen atoms in total. The molecule has 0 radical (unpaired) electrons. The third-order valence-corrected chi connectivity index (χ3v) is 6.77. The molecule has 0 spiro atoms. The first-order valence-corrected chi connectivity index (χ1v) is 11.4. The maximum atomic E-state index is 2.36. The Bertz CT molecular complexity index is 1810. The summed E-state index contributed by atoms with van der Waals surface area (Å²) in [4.78, 5) is 0. The van der Waals surface area contributed by atoms with Gasteiger partial charge in [-0.2, -0.15) is 0 Å². The molecule has 0 N–H and O–H groups in total. The van der Waals surface area contributed by atoms with Crippen molar-refractivity contribution in [3.05, 3.63) is 127 Å². The smallest absolute Gasteiger partial charge is 0.0541 e. The molecule has 0 amide bonds. The van der Waals surface area contributed by atoms with Gasteiger partial charge in [-0.3, -0.25) is 0 Å². The van der Waals surface area contributed by atoms with Crippen LogP contribution in [0, 0.1) is 0 Å². The minimum Gasteiger partial charge on any atom is -0.309 e. The second kappa shape index (κ2) is 7.08. The first-order chi connectivity index (χ1) is 16.4. The Labute approximate surface area is 192 Å². The summed E-state index contributed by atoms with van der Waals surface area (Å²) >= 11 is 0. The summed E-state index contributed by atoms with van der Waals surface area (Å²) in [6, 6.07) is 46.1. The Morgan fingerprint density at radius 2 is 0.939 bits per heavy atom. The van der Waals surface area contributed by atoms with Crippen LogP contribution in [0.4, 0.5) is 0 Å². The fourth-order valence-corrected chi connectivity index (χ4v) is 5.19. The Morgan fingerprint density at radius 1 is 0.364 bits per heavy atom. The van der Waals surface area contributed by atoms with Gasteiger partial charge in [-0.25, -0.2) is 0 Å². The lowest BCUT2D eigenvalue weighted by Crippen LogP contribution is -1.92. The summed E-state index contributed by atoms with van der Waals surface area (Å²) in [7, 11) is 0. The van der Waals surface area contributed by atoms with Crippen molar-refractivity contribution in [2.45, 2.75) is 0 Å². The SMILES string of the molecule is c1ccc(-n2c3ccccc3c3cc(-c4ccc5ccc6ccccc6c5c4)ccc32)cc1. The molecule has 33 heavy (non-hydrogen) atoms. The predicted molar refractivity (Wildman–Crippen MR) is 141 cm³/mol. The highest BCUT2D eigenvalue weighted by atomic mass is 15.0. The zero-order valence-electron chi connectivity index (χ0n) is 18.1. The number of hydrogen-bond donors (Lipinski definition) is 0. The second-order valence-electron chi connectivity index (χ2n) is 8.64. The Balaban J connectivity index is 1.49. The van der Waals surface area contributed by atoms with Crippen molar-refractivity contribution in [1.82, 2.24) is 4.57 Å². The van der Waals surface area contributed by atoms with Gasteiger partial charge < -0.3 is 4.57 Å². The Kier molecular flexibility index (Phi) is 3.91. The van der Waals surface area contributed by atoms with Crippen molar-refractivity contribution >= 4 is 43.4 Å². The van der Waals surface area contributed by atoms with Gasteiger partial charge in [0.1, 0.15) is 0 Å². The van der Waals surface area contributed by atoms with E-state index in [0.29, 0.717) is 0 Å². The maximum Gasteiger partial charge on any atom is 0.0541 e. The zero-order chi connectivity index (χ0) is 21.8. The van der Waals surface area contributed by atoms with E-state index < -0.39 is 0 Å². The summed E-state index contributed by atoms with van der Waals surface area (Å²) in [6.07, 6.45) is 0. The van der Waals surface area contributed by atoms with Gasteiger partial charge in [0.15, 0.2) is 0 Å². The summed E-state index contributed by atoms with van der Waals surface area (Å²) in [6.45, 7) is 0. The van der Waals surface area contributed by atoms with E-state index in [0.717, 1.165) is 0 Å². The van der Waals surface area contributed by atoms with Crippen LogP contribution in [0.1, 0.15) is 0 Å². The fourth-order valence-electron chi connectivity index (χ4n) is 5.19. The molecule has 7 rings (SSSR count). The lowest BCUT2D eigenvalue weighted by molar-refractivity contribution is 1.18. The van der Waals surface area contributed by atoms with Crippen LogP contribution >= 0.6 is 0 Å². The number of aromatic nitrogens is 1. The molecule has 0 aliphatic rings. The van der Waals surface area contributed by atoms with Crippen molar-refractivity contribution in [2.24, 2.45) is 0 Å². The molecule has 1 aromatic heterocycles. The lowest BCUT2D eigenvalue weighted by Gasteiger charge is -2.09. The largest absolute Gasteiger partial charge is 0.309 e. The van der Waals surface area contributed by atoms with Crippen molar-refractivity contribution in [1.29, 1.82) is 0 Å². The molecule has 0 bridgehead atoms. The van der Waals surface area contributed by atoms with Gasteiger partial charge in [-0.05, 0) is 69.1 Å². The first-order valence-electron chi connectivity index (χ1n) is 11.4. The van der Waals surface area contributed by atoms with E-state index in [1.54, 1.807) is 0 Å². The fraction of sp³-hybridized carbons (Fsp3) is 0. The number of hydrogen-bond acceptors (Lipinski definition) is 0. The summed E-state index contributed by atoms with van der Waals surface area (Å²) in [5.41, 5.74) is 6.15. The maximum absolute atomic E-state index is 2.36. The van der Waals surface area contributed by atoms with Crippen LogP contribution in [-0.4, -0.2) is 4.57 Å². The number of nitrogens with zero attached hydrogens (tertiary/aromatic N) is 1. The number of para-hydroxylation sites is 2. The molecular formula is C32H21N. The normalized spacial score (nSPS) is 11.6. The molecule has 154 valence electrons. The molecular weight excluding hydrogens is 398 g/mol. The van der Waals surface area contributed by atoms with E-state index in [4.69, 9.17) is 0 Å². The van der Waals surface area contributed by atoms with E-state index in [2.05, 4.69) is 132 Å². The van der Waals surface area contributed by atoms with Gasteiger partial charge in [0.25, 0.3) is 0 Å². The van der Waals surface area contributed by atoms with Crippen LogP contribution < -0.4 is 0 Å². The molecule has 7 aromatic rings. The third kappa shape index (κ3) is 2.79. The zero-order valence-corrected chi connectivity index (χ0v) is 18.1. The minimum absolute atomic E-state index is 1.19. The lowest BCUT2D eigenvalue weighted by atomic mass is 9.96. The highest BCUT2D eigenvalue weighted by Gasteiger charge is 2.13. The minimum atomic E-state index is 1.19. The molecule has 0 aliphatic carbocycles. The molecule has 0 atom stereocenters. The van der Waals surface area contributed by atoms with Crippen LogP contribution in [0.5, 0.6) is 0 Å². The van der Waals surface area contributed by atoms with Gasteiger partial charge in [0.05, 0.1) is 11.0 Å². The van der Waals surface area contributed by atoms with E-state index >= 15 is 0 Å². The topological polar surface area (TPSA) is 4.93 Å². The summed E-state index contributed by atoms with van der Waals surface area (Å²) in [5, 5.41) is 7.73. The summed E-state index contributed by atoms with van der Waals surface area (Å²) < 4.78 is 2.36. The van der Waals surface area contributed by atoms with Gasteiger partial charge in [-0.15, -0.1) is 0 Å². The summed E-state index contributed by atoms with van der Waals surface area (Å²) in [5.74, 6) is 0. The molecule has 0 saturated heterocycles. The average Bonchev–Trinajstić information content (AvgIpc) is 3.22. The Hall–Kier alpha value is -4.36. The quantitative estimate of drug-likeness (QED) is 0.247. The van der Waals surface area contributed by atoms with E-state index in [1.807, 2.05) is 0 Å². The van der Waals surface area contributed by atoms with Crippen molar-refractivity contribution < 1.29 is 0 Å². The van der Waals surface area contributed by atoms with Crippen LogP contribution in [0.2, 0.25) is 0 Å². The van der Waals surface area contributed by atoms with Crippen molar-refractivity contribution in [2.75, 3.05) is 0 Å². The van der Waals surface area contributed by atoms with Crippen LogP contribution in [0.3, 0.4) is 0 Å². The average molecular weight is 420 g/mol. The number of benzene rings is 6.